The summed E-state index contributed by atoms with van der Waals surface area (Å²) in [5.41, 5.74) is 3.82. The van der Waals surface area contributed by atoms with Crippen molar-refractivity contribution in [1.29, 1.82) is 0 Å². The standard InChI is InChI=1S/C20H24N2O4S/c1-4-15-7-5-8-16-9-6-14-22(19(15)16)20(23)17-10-12-18(13-11-17)27(24,25)21(2)26-3/h5,7-8,10-13H,4,6,9,14H2,1-3H3. The van der Waals surface area contributed by atoms with Crippen molar-refractivity contribution in [1.82, 2.24) is 4.47 Å². The van der Waals surface area contributed by atoms with Gasteiger partial charge in [0, 0.05) is 19.2 Å². The Hall–Kier alpha value is -2.22. The monoisotopic (exact) mass is 388 g/mol. The first kappa shape index (κ1) is 19.5. The lowest BCUT2D eigenvalue weighted by Gasteiger charge is -2.31. The van der Waals surface area contributed by atoms with E-state index in [0.717, 1.165) is 35.0 Å². The third-order valence-corrected chi connectivity index (χ3v) is 6.62. The second-order valence-electron chi connectivity index (χ2n) is 6.46. The number of para-hydroxylation sites is 1. The molecule has 0 bridgehead atoms. The molecule has 0 saturated heterocycles. The van der Waals surface area contributed by atoms with Gasteiger partial charge in [0.25, 0.3) is 15.9 Å². The Morgan fingerprint density at radius 2 is 1.89 bits per heavy atom. The van der Waals surface area contributed by atoms with Gasteiger partial charge in [0.1, 0.15) is 0 Å². The summed E-state index contributed by atoms with van der Waals surface area (Å²) in [6.07, 6.45) is 2.73. The van der Waals surface area contributed by atoms with Crippen LogP contribution in [0.25, 0.3) is 0 Å². The van der Waals surface area contributed by atoms with E-state index in [4.69, 9.17) is 4.84 Å². The van der Waals surface area contributed by atoms with Crippen LogP contribution in [0.2, 0.25) is 0 Å². The molecule has 1 aliphatic heterocycles. The van der Waals surface area contributed by atoms with Crippen LogP contribution < -0.4 is 4.90 Å². The van der Waals surface area contributed by atoms with Crippen LogP contribution in [0.1, 0.15) is 34.8 Å². The van der Waals surface area contributed by atoms with Gasteiger partial charge in [-0.25, -0.2) is 8.42 Å². The molecule has 27 heavy (non-hydrogen) atoms. The lowest BCUT2D eigenvalue weighted by molar-refractivity contribution is -0.0258. The highest BCUT2D eigenvalue weighted by Crippen LogP contribution is 2.32. The van der Waals surface area contributed by atoms with Crippen molar-refractivity contribution >= 4 is 21.6 Å². The van der Waals surface area contributed by atoms with Gasteiger partial charge in [-0.3, -0.25) is 9.63 Å². The Morgan fingerprint density at radius 1 is 1.19 bits per heavy atom. The molecule has 2 aromatic rings. The van der Waals surface area contributed by atoms with Crippen LogP contribution in [0.15, 0.2) is 47.4 Å². The zero-order valence-electron chi connectivity index (χ0n) is 15.8. The van der Waals surface area contributed by atoms with E-state index in [1.165, 1.54) is 31.9 Å². The van der Waals surface area contributed by atoms with Gasteiger partial charge in [-0.05, 0) is 54.7 Å². The van der Waals surface area contributed by atoms with Crippen LogP contribution >= 0.6 is 0 Å². The number of sulfonamides is 1. The van der Waals surface area contributed by atoms with E-state index < -0.39 is 10.0 Å². The maximum atomic E-state index is 13.1. The van der Waals surface area contributed by atoms with E-state index in [1.54, 1.807) is 12.1 Å². The predicted octanol–water partition coefficient (Wildman–Crippen LogP) is 3.02. The first-order valence-corrected chi connectivity index (χ1v) is 10.4. The van der Waals surface area contributed by atoms with Crippen molar-refractivity contribution in [3.05, 3.63) is 59.2 Å². The quantitative estimate of drug-likeness (QED) is 0.739. The lowest BCUT2D eigenvalue weighted by atomic mass is 9.96. The molecular formula is C20H24N2O4S. The summed E-state index contributed by atoms with van der Waals surface area (Å²) in [5.74, 6) is -0.110. The number of carbonyl (C=O) groups excluding carboxylic acids is 1. The average Bonchev–Trinajstić information content (AvgIpc) is 2.71. The maximum absolute atomic E-state index is 13.1. The summed E-state index contributed by atoms with van der Waals surface area (Å²) in [7, 11) is -1.12. The number of nitrogens with zero attached hydrogens (tertiary/aromatic N) is 2. The fraction of sp³-hybridized carbons (Fsp3) is 0.350. The predicted molar refractivity (Wildman–Crippen MR) is 104 cm³/mol. The minimum atomic E-state index is -3.73. The molecule has 0 aliphatic carbocycles. The third-order valence-electron chi connectivity index (χ3n) is 4.92. The fourth-order valence-electron chi connectivity index (χ4n) is 3.39. The van der Waals surface area contributed by atoms with Crippen molar-refractivity contribution in [2.45, 2.75) is 31.1 Å². The van der Waals surface area contributed by atoms with Crippen molar-refractivity contribution in [3.63, 3.8) is 0 Å². The van der Waals surface area contributed by atoms with Crippen LogP contribution in [0.3, 0.4) is 0 Å². The molecule has 0 N–H and O–H groups in total. The highest BCUT2D eigenvalue weighted by molar-refractivity contribution is 7.89. The molecule has 3 rings (SSSR count). The normalized spacial score (nSPS) is 14.3. The number of hydrogen-bond donors (Lipinski definition) is 0. The van der Waals surface area contributed by atoms with Crippen molar-refractivity contribution in [2.75, 3.05) is 25.6 Å². The number of aryl methyl sites for hydroxylation is 2. The second kappa shape index (κ2) is 7.80. The molecule has 0 spiro atoms. The number of rotatable bonds is 5. The number of carbonyl (C=O) groups is 1. The molecule has 0 atom stereocenters. The van der Waals surface area contributed by atoms with E-state index in [2.05, 4.69) is 19.1 Å². The number of benzene rings is 2. The van der Waals surface area contributed by atoms with Crippen LogP contribution in [0.5, 0.6) is 0 Å². The van der Waals surface area contributed by atoms with Gasteiger partial charge in [-0.2, -0.15) is 0 Å². The van der Waals surface area contributed by atoms with E-state index >= 15 is 0 Å². The smallest absolute Gasteiger partial charge is 0.264 e. The molecule has 1 heterocycles. The molecule has 0 aromatic heterocycles. The summed E-state index contributed by atoms with van der Waals surface area (Å²) in [6, 6.07) is 12.2. The highest BCUT2D eigenvalue weighted by atomic mass is 32.2. The molecule has 1 aliphatic rings. The van der Waals surface area contributed by atoms with Gasteiger partial charge >= 0.3 is 0 Å². The Morgan fingerprint density at radius 3 is 2.52 bits per heavy atom. The van der Waals surface area contributed by atoms with E-state index in [0.29, 0.717) is 12.1 Å². The highest BCUT2D eigenvalue weighted by Gasteiger charge is 2.26. The largest absolute Gasteiger partial charge is 0.308 e. The zero-order valence-corrected chi connectivity index (χ0v) is 16.6. The van der Waals surface area contributed by atoms with Crippen molar-refractivity contribution < 1.29 is 18.0 Å². The number of anilines is 1. The number of hydrogen-bond acceptors (Lipinski definition) is 4. The maximum Gasteiger partial charge on any atom is 0.264 e. The Bertz CT molecular complexity index is 925. The summed E-state index contributed by atoms with van der Waals surface area (Å²) in [6.45, 7) is 2.74. The molecule has 0 unspecified atom stereocenters. The Labute approximate surface area is 160 Å². The molecule has 0 fully saturated rings. The van der Waals surface area contributed by atoms with Gasteiger partial charge in [-0.1, -0.05) is 29.6 Å². The number of amides is 1. The van der Waals surface area contributed by atoms with Gasteiger partial charge in [0.15, 0.2) is 0 Å². The van der Waals surface area contributed by atoms with Gasteiger partial charge in [0.2, 0.25) is 0 Å². The average molecular weight is 388 g/mol. The molecule has 144 valence electrons. The topological polar surface area (TPSA) is 66.9 Å². The molecule has 2 aromatic carbocycles. The van der Waals surface area contributed by atoms with Crippen LogP contribution in [0, 0.1) is 0 Å². The van der Waals surface area contributed by atoms with Gasteiger partial charge in [-0.15, -0.1) is 0 Å². The van der Waals surface area contributed by atoms with Crippen LogP contribution in [-0.2, 0) is 27.7 Å². The van der Waals surface area contributed by atoms with E-state index in [9.17, 15) is 13.2 Å². The molecule has 0 saturated carbocycles. The first-order chi connectivity index (χ1) is 12.9. The number of hydroxylamine groups is 1. The minimum Gasteiger partial charge on any atom is -0.308 e. The molecule has 1 amide bonds. The van der Waals surface area contributed by atoms with Crippen LogP contribution in [0.4, 0.5) is 5.69 Å². The summed E-state index contributed by atoms with van der Waals surface area (Å²) < 4.78 is 25.4. The fourth-order valence-corrected chi connectivity index (χ4v) is 4.37. The molecule has 7 heteroatoms. The zero-order chi connectivity index (χ0) is 19.6. The van der Waals surface area contributed by atoms with E-state index in [-0.39, 0.29) is 10.8 Å². The Balaban J connectivity index is 1.93. The minimum absolute atomic E-state index is 0.0803. The third kappa shape index (κ3) is 3.63. The SMILES string of the molecule is CCc1cccc2c1N(C(=O)c1ccc(S(=O)(=O)N(C)OC)cc1)CCC2. The van der Waals surface area contributed by atoms with Crippen molar-refractivity contribution in [3.8, 4) is 0 Å². The lowest BCUT2D eigenvalue weighted by Crippen LogP contribution is -2.36. The Kier molecular flexibility index (Phi) is 5.64. The second-order valence-corrected chi connectivity index (χ2v) is 8.40. The van der Waals surface area contributed by atoms with E-state index in [1.807, 2.05) is 11.0 Å². The first-order valence-electron chi connectivity index (χ1n) is 8.96. The van der Waals surface area contributed by atoms with Crippen LogP contribution in [-0.4, -0.2) is 39.5 Å². The summed E-state index contributed by atoms with van der Waals surface area (Å²) in [5, 5.41) is 0. The van der Waals surface area contributed by atoms with Gasteiger partial charge in [0.05, 0.1) is 17.7 Å². The summed E-state index contributed by atoms with van der Waals surface area (Å²) >= 11 is 0. The molecule has 6 nitrogen and oxygen atoms in total. The molecular weight excluding hydrogens is 364 g/mol. The number of fused-ring (bicyclic) bond motifs is 1. The van der Waals surface area contributed by atoms with Gasteiger partial charge < -0.3 is 4.90 Å². The van der Waals surface area contributed by atoms with Crippen molar-refractivity contribution in [2.24, 2.45) is 0 Å². The summed E-state index contributed by atoms with van der Waals surface area (Å²) in [4.78, 5) is 19.8. The molecule has 0 radical (unpaired) electrons.